The third-order valence-electron chi connectivity index (χ3n) is 2.54. The van der Waals surface area contributed by atoms with E-state index in [0.29, 0.717) is 11.3 Å². The average Bonchev–Trinajstić information content (AvgIpc) is 2.40. The van der Waals surface area contributed by atoms with Crippen LogP contribution >= 0.6 is 11.8 Å². The number of aryl methyl sites for hydroxylation is 1. The van der Waals surface area contributed by atoms with Crippen molar-refractivity contribution in [1.29, 1.82) is 0 Å². The zero-order valence-corrected chi connectivity index (χ0v) is 11.2. The fourth-order valence-corrected chi connectivity index (χ4v) is 2.12. The van der Waals surface area contributed by atoms with Crippen LogP contribution in [0, 0.1) is 6.92 Å². The summed E-state index contributed by atoms with van der Waals surface area (Å²) < 4.78 is 5.88. The van der Waals surface area contributed by atoms with Gasteiger partial charge in [0.15, 0.2) is 0 Å². The Kier molecular flexibility index (Phi) is 4.23. The van der Waals surface area contributed by atoms with Gasteiger partial charge in [-0.1, -0.05) is 12.1 Å². The number of rotatable bonds is 4. The van der Waals surface area contributed by atoms with E-state index in [1.807, 2.05) is 43.5 Å². The highest BCUT2D eigenvalue weighted by Crippen LogP contribution is 2.32. The minimum absolute atomic E-state index is 0.0793. The number of hydrogen-bond acceptors (Lipinski definition) is 4. The number of para-hydroxylation sites is 1. The van der Waals surface area contributed by atoms with E-state index in [2.05, 4.69) is 4.98 Å². The average molecular weight is 261 g/mol. The lowest BCUT2D eigenvalue weighted by molar-refractivity contribution is 0.275. The maximum absolute atomic E-state index is 9.29. The second-order valence-electron chi connectivity index (χ2n) is 3.84. The number of benzene rings is 1. The number of ether oxygens (including phenoxy) is 1. The topological polar surface area (TPSA) is 42.4 Å². The highest BCUT2D eigenvalue weighted by atomic mass is 32.2. The predicted molar refractivity (Wildman–Crippen MR) is 73.2 cm³/mol. The van der Waals surface area contributed by atoms with Gasteiger partial charge in [-0.05, 0) is 25.3 Å². The summed E-state index contributed by atoms with van der Waals surface area (Å²) in [6.45, 7) is 1.82. The number of aliphatic hydroxyl groups is 1. The van der Waals surface area contributed by atoms with Crippen LogP contribution in [0.1, 0.15) is 11.3 Å². The number of aromatic nitrogens is 1. The van der Waals surface area contributed by atoms with Gasteiger partial charge in [0.05, 0.1) is 6.61 Å². The highest BCUT2D eigenvalue weighted by Gasteiger charge is 2.08. The first kappa shape index (κ1) is 12.9. The van der Waals surface area contributed by atoms with Crippen LogP contribution < -0.4 is 4.74 Å². The molecule has 2 aromatic rings. The van der Waals surface area contributed by atoms with Crippen molar-refractivity contribution in [2.24, 2.45) is 0 Å². The van der Waals surface area contributed by atoms with Crippen molar-refractivity contribution >= 4 is 11.8 Å². The molecule has 0 atom stereocenters. The third kappa shape index (κ3) is 2.83. The van der Waals surface area contributed by atoms with Gasteiger partial charge >= 0.3 is 0 Å². The first-order valence-corrected chi connectivity index (χ1v) is 6.84. The van der Waals surface area contributed by atoms with Gasteiger partial charge in [0.25, 0.3) is 0 Å². The van der Waals surface area contributed by atoms with Crippen LogP contribution in [-0.4, -0.2) is 16.3 Å². The molecule has 0 aliphatic rings. The van der Waals surface area contributed by atoms with Crippen LogP contribution in [0.3, 0.4) is 0 Å². The minimum atomic E-state index is -0.0793. The van der Waals surface area contributed by atoms with Gasteiger partial charge in [-0.25, -0.2) is 0 Å². The molecule has 0 aliphatic heterocycles. The van der Waals surface area contributed by atoms with Gasteiger partial charge in [0, 0.05) is 28.4 Å². The molecule has 18 heavy (non-hydrogen) atoms. The van der Waals surface area contributed by atoms with E-state index in [0.717, 1.165) is 16.3 Å². The molecule has 0 saturated heterocycles. The fourth-order valence-electron chi connectivity index (χ4n) is 1.60. The van der Waals surface area contributed by atoms with Gasteiger partial charge in [-0.3, -0.25) is 4.98 Å². The summed E-state index contributed by atoms with van der Waals surface area (Å²) in [6, 6.07) is 9.67. The summed E-state index contributed by atoms with van der Waals surface area (Å²) in [6.07, 6.45) is 3.65. The Morgan fingerprint density at radius 1 is 1.28 bits per heavy atom. The van der Waals surface area contributed by atoms with Crippen LogP contribution in [0.4, 0.5) is 0 Å². The lowest BCUT2D eigenvalue weighted by Crippen LogP contribution is -1.95. The molecular weight excluding hydrogens is 246 g/mol. The Bertz CT molecular complexity index is 543. The first-order chi connectivity index (χ1) is 8.74. The Balaban J connectivity index is 2.36. The molecule has 3 nitrogen and oxygen atoms in total. The van der Waals surface area contributed by atoms with Crippen LogP contribution in [-0.2, 0) is 6.61 Å². The molecule has 0 fully saturated rings. The van der Waals surface area contributed by atoms with Crippen LogP contribution in [0.25, 0.3) is 0 Å². The van der Waals surface area contributed by atoms with Crippen LogP contribution in [0.15, 0.2) is 41.4 Å². The molecule has 4 heteroatoms. The largest absolute Gasteiger partial charge is 0.456 e. The molecule has 0 amide bonds. The fraction of sp³-hybridized carbons (Fsp3) is 0.214. The van der Waals surface area contributed by atoms with Crippen molar-refractivity contribution in [3.05, 3.63) is 47.8 Å². The minimum Gasteiger partial charge on any atom is -0.456 e. The van der Waals surface area contributed by atoms with Crippen molar-refractivity contribution in [2.75, 3.05) is 6.26 Å². The van der Waals surface area contributed by atoms with E-state index in [1.165, 1.54) is 0 Å². The molecule has 0 unspecified atom stereocenters. The molecule has 1 N–H and O–H groups in total. The summed E-state index contributed by atoms with van der Waals surface area (Å²) in [5.41, 5.74) is 1.56. The van der Waals surface area contributed by atoms with Crippen LogP contribution in [0.5, 0.6) is 11.5 Å². The number of thioether (sulfide) groups is 1. The Morgan fingerprint density at radius 2 is 2.06 bits per heavy atom. The van der Waals surface area contributed by atoms with Crippen molar-refractivity contribution in [3.63, 3.8) is 0 Å². The molecule has 0 saturated carbocycles. The summed E-state index contributed by atoms with van der Waals surface area (Å²) in [4.78, 5) is 5.22. The molecule has 94 valence electrons. The van der Waals surface area contributed by atoms with E-state index in [4.69, 9.17) is 4.74 Å². The third-order valence-corrected chi connectivity index (χ3v) is 3.32. The van der Waals surface area contributed by atoms with Crippen LogP contribution in [0.2, 0.25) is 0 Å². The van der Waals surface area contributed by atoms with Crippen molar-refractivity contribution in [1.82, 2.24) is 4.98 Å². The molecular formula is C14H15NO2S. The molecule has 1 aromatic heterocycles. The molecule has 0 spiro atoms. The normalized spacial score (nSPS) is 10.4. The van der Waals surface area contributed by atoms with Gasteiger partial charge in [0.1, 0.15) is 11.5 Å². The summed E-state index contributed by atoms with van der Waals surface area (Å²) in [7, 11) is 0. The first-order valence-electron chi connectivity index (χ1n) is 5.62. The molecule has 0 aliphatic carbocycles. The predicted octanol–water partition coefficient (Wildman–Crippen LogP) is 3.40. The number of aliphatic hydroxyl groups excluding tert-OH is 1. The molecule has 1 heterocycles. The quantitative estimate of drug-likeness (QED) is 0.857. The van der Waals surface area contributed by atoms with Crippen molar-refractivity contribution in [2.45, 2.75) is 18.4 Å². The van der Waals surface area contributed by atoms with E-state index in [1.54, 1.807) is 18.0 Å². The lowest BCUT2D eigenvalue weighted by Gasteiger charge is -2.12. The summed E-state index contributed by atoms with van der Waals surface area (Å²) in [5, 5.41) is 9.29. The molecule has 0 bridgehead atoms. The maximum Gasteiger partial charge on any atom is 0.140 e. The van der Waals surface area contributed by atoms with E-state index >= 15 is 0 Å². The molecule has 2 rings (SSSR count). The van der Waals surface area contributed by atoms with Gasteiger partial charge in [-0.15, -0.1) is 11.8 Å². The van der Waals surface area contributed by atoms with Gasteiger partial charge in [-0.2, -0.15) is 0 Å². The smallest absolute Gasteiger partial charge is 0.140 e. The lowest BCUT2D eigenvalue weighted by atomic mass is 10.2. The van der Waals surface area contributed by atoms with Gasteiger partial charge < -0.3 is 9.84 Å². The Morgan fingerprint density at radius 3 is 2.78 bits per heavy atom. The zero-order chi connectivity index (χ0) is 13.0. The maximum atomic E-state index is 9.29. The van der Waals surface area contributed by atoms with E-state index in [9.17, 15) is 5.11 Å². The van der Waals surface area contributed by atoms with E-state index in [-0.39, 0.29) is 6.61 Å². The standard InChI is InChI=1S/C14H15NO2S/c1-10-7-13(11(9-16)8-15-10)17-12-5-3-4-6-14(12)18-2/h3-8,16H,9H2,1-2H3. The molecule has 0 radical (unpaired) electrons. The summed E-state index contributed by atoms with van der Waals surface area (Å²) >= 11 is 1.63. The highest BCUT2D eigenvalue weighted by molar-refractivity contribution is 7.98. The van der Waals surface area contributed by atoms with E-state index < -0.39 is 0 Å². The second-order valence-corrected chi connectivity index (χ2v) is 4.69. The number of nitrogens with zero attached hydrogens (tertiary/aromatic N) is 1. The van der Waals surface area contributed by atoms with Crippen molar-refractivity contribution < 1.29 is 9.84 Å². The van der Waals surface area contributed by atoms with Crippen molar-refractivity contribution in [3.8, 4) is 11.5 Å². The Labute approximate surface area is 111 Å². The molecule has 1 aromatic carbocycles. The summed E-state index contributed by atoms with van der Waals surface area (Å²) in [5.74, 6) is 1.46. The monoisotopic (exact) mass is 261 g/mol. The number of hydrogen-bond donors (Lipinski definition) is 1. The number of pyridine rings is 1. The zero-order valence-electron chi connectivity index (χ0n) is 10.4. The van der Waals surface area contributed by atoms with Gasteiger partial charge in [0.2, 0.25) is 0 Å². The Hall–Kier alpha value is -1.52. The second kappa shape index (κ2) is 5.89. The SMILES string of the molecule is CSc1ccccc1Oc1cc(C)ncc1CO.